The minimum absolute atomic E-state index is 0.182. The molecule has 0 aliphatic carbocycles. The summed E-state index contributed by atoms with van der Waals surface area (Å²) in [5.41, 5.74) is 9.88. The van der Waals surface area contributed by atoms with Crippen LogP contribution in [0.5, 0.6) is 5.75 Å². The summed E-state index contributed by atoms with van der Waals surface area (Å²) in [6, 6.07) is 10.9. The van der Waals surface area contributed by atoms with Crippen LogP contribution in [0, 0.1) is 19.7 Å². The second kappa shape index (κ2) is 6.06. The first kappa shape index (κ1) is 14.5. The molecule has 0 aliphatic rings. The van der Waals surface area contributed by atoms with Crippen molar-refractivity contribution in [2.75, 3.05) is 0 Å². The van der Waals surface area contributed by atoms with E-state index in [1.807, 2.05) is 32.9 Å². The summed E-state index contributed by atoms with van der Waals surface area (Å²) in [7, 11) is 0. The highest BCUT2D eigenvalue weighted by atomic mass is 19.1. The fourth-order valence-electron chi connectivity index (χ4n) is 2.23. The van der Waals surface area contributed by atoms with Crippen LogP contribution < -0.4 is 10.5 Å². The zero-order valence-electron chi connectivity index (χ0n) is 12.1. The summed E-state index contributed by atoms with van der Waals surface area (Å²) in [5, 5.41) is 0. The van der Waals surface area contributed by atoms with Crippen LogP contribution >= 0.6 is 0 Å². The van der Waals surface area contributed by atoms with Gasteiger partial charge in [-0.1, -0.05) is 35.4 Å². The minimum Gasteiger partial charge on any atom is -0.486 e. The molecule has 0 bridgehead atoms. The summed E-state index contributed by atoms with van der Waals surface area (Å²) < 4.78 is 19.4. The molecule has 2 aromatic rings. The molecule has 1 atom stereocenters. The Balaban J connectivity index is 2.11. The molecule has 0 aliphatic heterocycles. The topological polar surface area (TPSA) is 35.2 Å². The molecule has 0 aromatic heterocycles. The standard InChI is InChI=1S/C17H20FNO/c1-11-6-12(2)8-14(7-11)10-20-17-5-4-15(13(3)19)9-16(17)18/h4-9,13H,10,19H2,1-3H3. The number of nitrogens with two attached hydrogens (primary N) is 1. The lowest BCUT2D eigenvalue weighted by molar-refractivity contribution is 0.290. The maximum Gasteiger partial charge on any atom is 0.165 e. The highest BCUT2D eigenvalue weighted by Crippen LogP contribution is 2.22. The fourth-order valence-corrected chi connectivity index (χ4v) is 2.23. The first-order chi connectivity index (χ1) is 9.45. The number of aryl methyl sites for hydroxylation is 2. The number of hydrogen-bond acceptors (Lipinski definition) is 2. The summed E-state index contributed by atoms with van der Waals surface area (Å²) in [5.74, 6) is -0.113. The predicted octanol–water partition coefficient (Wildman–Crippen LogP) is 4.04. The molecule has 2 rings (SSSR count). The van der Waals surface area contributed by atoms with Crippen LogP contribution in [0.3, 0.4) is 0 Å². The Morgan fingerprint density at radius 3 is 2.30 bits per heavy atom. The van der Waals surface area contributed by atoms with Crippen molar-refractivity contribution < 1.29 is 9.13 Å². The van der Waals surface area contributed by atoms with Gasteiger partial charge < -0.3 is 10.5 Å². The van der Waals surface area contributed by atoms with Gasteiger partial charge >= 0.3 is 0 Å². The highest BCUT2D eigenvalue weighted by molar-refractivity contribution is 5.32. The molecule has 0 saturated heterocycles. The Morgan fingerprint density at radius 1 is 1.10 bits per heavy atom. The first-order valence-electron chi connectivity index (χ1n) is 6.70. The molecule has 2 aromatic carbocycles. The largest absolute Gasteiger partial charge is 0.486 e. The van der Waals surface area contributed by atoms with E-state index in [2.05, 4.69) is 6.07 Å². The predicted molar refractivity (Wildman–Crippen MR) is 79.3 cm³/mol. The van der Waals surface area contributed by atoms with E-state index in [0.717, 1.165) is 11.1 Å². The molecule has 2 N–H and O–H groups in total. The van der Waals surface area contributed by atoms with E-state index in [4.69, 9.17) is 10.5 Å². The van der Waals surface area contributed by atoms with Crippen molar-refractivity contribution in [2.45, 2.75) is 33.4 Å². The van der Waals surface area contributed by atoms with Crippen molar-refractivity contribution in [3.63, 3.8) is 0 Å². The monoisotopic (exact) mass is 273 g/mol. The van der Waals surface area contributed by atoms with Crippen LogP contribution in [0.25, 0.3) is 0 Å². The Hall–Kier alpha value is -1.87. The molecule has 3 heteroatoms. The lowest BCUT2D eigenvalue weighted by Crippen LogP contribution is -2.06. The Bertz CT molecular complexity index is 588. The number of ether oxygens (including phenoxy) is 1. The third kappa shape index (κ3) is 3.58. The van der Waals surface area contributed by atoms with Crippen molar-refractivity contribution in [3.05, 3.63) is 64.5 Å². The minimum atomic E-state index is -0.371. The van der Waals surface area contributed by atoms with Crippen LogP contribution in [0.4, 0.5) is 4.39 Å². The second-order valence-electron chi connectivity index (χ2n) is 5.26. The summed E-state index contributed by atoms with van der Waals surface area (Å²) >= 11 is 0. The first-order valence-corrected chi connectivity index (χ1v) is 6.70. The third-order valence-electron chi connectivity index (χ3n) is 3.16. The zero-order chi connectivity index (χ0) is 14.7. The third-order valence-corrected chi connectivity index (χ3v) is 3.16. The van der Waals surface area contributed by atoms with Gasteiger partial charge in [-0.05, 0) is 44.0 Å². The van der Waals surface area contributed by atoms with Gasteiger partial charge in [0.2, 0.25) is 0 Å². The summed E-state index contributed by atoms with van der Waals surface area (Å²) in [4.78, 5) is 0. The maximum absolute atomic E-state index is 13.9. The molecule has 2 nitrogen and oxygen atoms in total. The molecule has 0 saturated carbocycles. The number of benzene rings is 2. The molecule has 20 heavy (non-hydrogen) atoms. The summed E-state index contributed by atoms with van der Waals surface area (Å²) in [6.45, 7) is 6.25. The number of rotatable bonds is 4. The lowest BCUT2D eigenvalue weighted by Gasteiger charge is -2.11. The lowest BCUT2D eigenvalue weighted by atomic mass is 10.1. The van der Waals surface area contributed by atoms with E-state index in [9.17, 15) is 4.39 Å². The van der Waals surface area contributed by atoms with Gasteiger partial charge in [-0.2, -0.15) is 0 Å². The van der Waals surface area contributed by atoms with E-state index >= 15 is 0 Å². The van der Waals surface area contributed by atoms with E-state index in [-0.39, 0.29) is 17.6 Å². The van der Waals surface area contributed by atoms with Crippen molar-refractivity contribution in [2.24, 2.45) is 5.73 Å². The van der Waals surface area contributed by atoms with E-state index in [0.29, 0.717) is 6.61 Å². The van der Waals surface area contributed by atoms with Gasteiger partial charge in [0.1, 0.15) is 6.61 Å². The molecule has 0 spiro atoms. The SMILES string of the molecule is Cc1cc(C)cc(COc2ccc(C(C)N)cc2F)c1. The molecular weight excluding hydrogens is 253 g/mol. The smallest absolute Gasteiger partial charge is 0.165 e. The summed E-state index contributed by atoms with van der Waals surface area (Å²) in [6.07, 6.45) is 0. The van der Waals surface area contributed by atoms with Gasteiger partial charge in [-0.3, -0.25) is 0 Å². The molecule has 0 radical (unpaired) electrons. The second-order valence-corrected chi connectivity index (χ2v) is 5.26. The van der Waals surface area contributed by atoms with E-state index in [1.54, 1.807) is 12.1 Å². The van der Waals surface area contributed by atoms with Crippen molar-refractivity contribution in [3.8, 4) is 5.75 Å². The van der Waals surface area contributed by atoms with Gasteiger partial charge in [0.25, 0.3) is 0 Å². The Morgan fingerprint density at radius 2 is 1.75 bits per heavy atom. The number of halogens is 1. The molecule has 0 heterocycles. The van der Waals surface area contributed by atoms with Gasteiger partial charge in [0, 0.05) is 6.04 Å². The molecule has 1 unspecified atom stereocenters. The van der Waals surface area contributed by atoms with Crippen molar-refractivity contribution in [1.29, 1.82) is 0 Å². The van der Waals surface area contributed by atoms with E-state index < -0.39 is 0 Å². The van der Waals surface area contributed by atoms with Gasteiger partial charge in [0.15, 0.2) is 11.6 Å². The van der Waals surface area contributed by atoms with Crippen LogP contribution in [0.1, 0.15) is 35.2 Å². The highest BCUT2D eigenvalue weighted by Gasteiger charge is 2.07. The maximum atomic E-state index is 13.9. The fraction of sp³-hybridized carbons (Fsp3) is 0.294. The van der Waals surface area contributed by atoms with Crippen LogP contribution in [-0.2, 0) is 6.61 Å². The quantitative estimate of drug-likeness (QED) is 0.912. The van der Waals surface area contributed by atoms with Gasteiger partial charge in [-0.25, -0.2) is 4.39 Å². The average molecular weight is 273 g/mol. The Kier molecular flexibility index (Phi) is 4.40. The molecule has 0 amide bonds. The average Bonchev–Trinajstić information content (AvgIpc) is 2.36. The van der Waals surface area contributed by atoms with Crippen LogP contribution in [-0.4, -0.2) is 0 Å². The van der Waals surface area contributed by atoms with Gasteiger partial charge in [0.05, 0.1) is 0 Å². The zero-order valence-corrected chi connectivity index (χ0v) is 12.1. The molecule has 106 valence electrons. The van der Waals surface area contributed by atoms with E-state index in [1.165, 1.54) is 17.2 Å². The molecule has 0 fully saturated rings. The normalized spacial score (nSPS) is 12.2. The van der Waals surface area contributed by atoms with Gasteiger partial charge in [-0.15, -0.1) is 0 Å². The number of hydrogen-bond donors (Lipinski definition) is 1. The molecular formula is C17H20FNO. The van der Waals surface area contributed by atoms with Crippen LogP contribution in [0.2, 0.25) is 0 Å². The Labute approximate surface area is 119 Å². The van der Waals surface area contributed by atoms with Crippen LogP contribution in [0.15, 0.2) is 36.4 Å². The van der Waals surface area contributed by atoms with Crippen molar-refractivity contribution >= 4 is 0 Å². The van der Waals surface area contributed by atoms with Crippen molar-refractivity contribution in [1.82, 2.24) is 0 Å².